The number of benzene rings is 1. The second-order valence-electron chi connectivity index (χ2n) is 8.07. The van der Waals surface area contributed by atoms with Crippen LogP contribution in [0, 0.1) is 20.8 Å². The quantitative estimate of drug-likeness (QED) is 0.563. The maximum atomic E-state index is 5.39. The summed E-state index contributed by atoms with van der Waals surface area (Å²) in [6.07, 6.45) is 9.29. The fourth-order valence-electron chi connectivity index (χ4n) is 4.25. The summed E-state index contributed by atoms with van der Waals surface area (Å²) in [5, 5.41) is 6.03. The summed E-state index contributed by atoms with van der Waals surface area (Å²) in [7, 11) is 0. The van der Waals surface area contributed by atoms with Gasteiger partial charge in [-0.15, -0.1) is 0 Å². The molecular weight excluding hydrogens is 376 g/mol. The molecule has 3 aromatic heterocycles. The van der Waals surface area contributed by atoms with E-state index in [-0.39, 0.29) is 0 Å². The van der Waals surface area contributed by atoms with Gasteiger partial charge in [0.2, 0.25) is 5.95 Å². The molecule has 0 saturated carbocycles. The number of nitrogens with zero attached hydrogens (tertiary/aromatic N) is 5. The number of fused-ring (bicyclic) bond motifs is 1. The molecule has 1 N–H and O–H groups in total. The van der Waals surface area contributed by atoms with Crippen molar-refractivity contribution >= 4 is 10.8 Å². The highest BCUT2D eigenvalue weighted by Gasteiger charge is 2.23. The predicted octanol–water partition coefficient (Wildman–Crippen LogP) is 3.48. The van der Waals surface area contributed by atoms with Gasteiger partial charge in [0.25, 0.3) is 0 Å². The van der Waals surface area contributed by atoms with E-state index in [1.165, 1.54) is 16.5 Å². The molecule has 1 fully saturated rings. The molecule has 1 saturated heterocycles. The zero-order valence-electron chi connectivity index (χ0n) is 17.6. The Bertz CT molecular complexity index is 1180. The first-order valence-electron chi connectivity index (χ1n) is 10.3. The normalized spacial score (nSPS) is 17.6. The van der Waals surface area contributed by atoms with Crippen molar-refractivity contribution in [2.75, 3.05) is 19.6 Å². The first-order valence-corrected chi connectivity index (χ1v) is 10.3. The number of imidazole rings is 1. The highest BCUT2D eigenvalue weighted by molar-refractivity contribution is 5.85. The van der Waals surface area contributed by atoms with E-state index in [4.69, 9.17) is 4.42 Å². The fraction of sp³-hybridized carbons (Fsp3) is 0.348. The van der Waals surface area contributed by atoms with Crippen LogP contribution in [-0.4, -0.2) is 44.1 Å². The molecule has 4 heterocycles. The van der Waals surface area contributed by atoms with Crippen LogP contribution in [0.15, 0.2) is 47.8 Å². The van der Waals surface area contributed by atoms with Gasteiger partial charge in [-0.1, -0.05) is 12.1 Å². The number of hydrogen-bond acceptors (Lipinski definition) is 6. The summed E-state index contributed by atoms with van der Waals surface area (Å²) in [6.45, 7) is 9.96. The van der Waals surface area contributed by atoms with Crippen LogP contribution in [0.3, 0.4) is 0 Å². The average Bonchev–Trinajstić information content (AvgIpc) is 3.37. The zero-order valence-corrected chi connectivity index (χ0v) is 17.6. The first-order chi connectivity index (χ1) is 14.6. The summed E-state index contributed by atoms with van der Waals surface area (Å²) in [4.78, 5) is 15.9. The number of piperazine rings is 1. The number of rotatable bonds is 4. The van der Waals surface area contributed by atoms with E-state index in [0.717, 1.165) is 48.5 Å². The zero-order chi connectivity index (χ0) is 20.7. The van der Waals surface area contributed by atoms with E-state index >= 15 is 0 Å². The van der Waals surface area contributed by atoms with Crippen LogP contribution in [0.4, 0.5) is 0 Å². The lowest BCUT2D eigenvalue weighted by Gasteiger charge is -2.34. The Kier molecular flexibility index (Phi) is 4.84. The number of hydrogen-bond donors (Lipinski definition) is 1. The third kappa shape index (κ3) is 3.40. The van der Waals surface area contributed by atoms with Gasteiger partial charge in [0.05, 0.1) is 18.2 Å². The number of aromatic nitrogens is 4. The van der Waals surface area contributed by atoms with E-state index in [1.807, 2.05) is 43.3 Å². The van der Waals surface area contributed by atoms with Crippen LogP contribution in [0.1, 0.15) is 34.1 Å². The molecular formula is C23H26N6O. The van der Waals surface area contributed by atoms with E-state index in [0.29, 0.717) is 12.0 Å². The van der Waals surface area contributed by atoms with Crippen molar-refractivity contribution in [3.63, 3.8) is 0 Å². The topological polar surface area (TPSA) is 72.0 Å². The Morgan fingerprint density at radius 1 is 1.10 bits per heavy atom. The lowest BCUT2D eigenvalue weighted by Crippen LogP contribution is -2.45. The summed E-state index contributed by atoms with van der Waals surface area (Å²) in [5.41, 5.74) is 5.82. The van der Waals surface area contributed by atoms with Crippen LogP contribution in [0.25, 0.3) is 16.7 Å². The van der Waals surface area contributed by atoms with Gasteiger partial charge < -0.3 is 9.73 Å². The fourth-order valence-corrected chi connectivity index (χ4v) is 4.25. The van der Waals surface area contributed by atoms with Crippen LogP contribution in [0.2, 0.25) is 0 Å². The molecule has 0 unspecified atom stereocenters. The summed E-state index contributed by atoms with van der Waals surface area (Å²) < 4.78 is 7.31. The van der Waals surface area contributed by atoms with E-state index < -0.39 is 0 Å². The molecule has 1 aromatic carbocycles. The molecule has 1 aliphatic heterocycles. The molecule has 1 atom stereocenters. The molecule has 5 rings (SSSR count). The van der Waals surface area contributed by atoms with Gasteiger partial charge in [-0.2, -0.15) is 0 Å². The van der Waals surface area contributed by atoms with Crippen molar-refractivity contribution < 1.29 is 4.42 Å². The number of nitrogens with one attached hydrogen (secondary N) is 1. The SMILES string of the molecule is Cc1ncn(-c2ncc(CN3CCN[C@H](c4ccc5cocc5c4C)C3)cn2)c1C. The van der Waals surface area contributed by atoms with Crippen molar-refractivity contribution in [3.05, 3.63) is 71.5 Å². The second-order valence-corrected chi connectivity index (χ2v) is 8.07. The van der Waals surface area contributed by atoms with Gasteiger partial charge in [0, 0.05) is 66.6 Å². The predicted molar refractivity (Wildman–Crippen MR) is 116 cm³/mol. The monoisotopic (exact) mass is 402 g/mol. The average molecular weight is 403 g/mol. The van der Waals surface area contributed by atoms with Crippen LogP contribution in [0.5, 0.6) is 0 Å². The minimum absolute atomic E-state index is 0.301. The summed E-state index contributed by atoms with van der Waals surface area (Å²) in [5.74, 6) is 0.666. The largest absolute Gasteiger partial charge is 0.471 e. The molecule has 4 aromatic rings. The molecule has 0 spiro atoms. The van der Waals surface area contributed by atoms with Gasteiger partial charge in [0.15, 0.2) is 0 Å². The highest BCUT2D eigenvalue weighted by Crippen LogP contribution is 2.28. The Labute approximate surface area is 175 Å². The third-order valence-electron chi connectivity index (χ3n) is 6.17. The van der Waals surface area contributed by atoms with E-state index in [2.05, 4.69) is 44.2 Å². The molecule has 0 aliphatic carbocycles. The van der Waals surface area contributed by atoms with Crippen molar-refractivity contribution in [2.45, 2.75) is 33.4 Å². The number of furan rings is 1. The highest BCUT2D eigenvalue weighted by atomic mass is 16.3. The minimum atomic E-state index is 0.301. The second kappa shape index (κ2) is 7.66. The molecule has 154 valence electrons. The van der Waals surface area contributed by atoms with E-state index in [9.17, 15) is 0 Å². The lowest BCUT2D eigenvalue weighted by atomic mass is 9.96. The van der Waals surface area contributed by atoms with Crippen molar-refractivity contribution in [1.29, 1.82) is 0 Å². The Morgan fingerprint density at radius 3 is 2.70 bits per heavy atom. The van der Waals surface area contributed by atoms with Crippen molar-refractivity contribution in [2.24, 2.45) is 0 Å². The van der Waals surface area contributed by atoms with Crippen LogP contribution < -0.4 is 5.32 Å². The maximum absolute atomic E-state index is 5.39. The Hall–Kier alpha value is -3.03. The standard InChI is InChI=1S/C23H26N6O/c1-15-20(5-4-19-12-30-13-21(15)19)22-11-28(7-6-24-22)10-18-8-25-23(26-9-18)29-14-27-16(2)17(29)3/h4-5,8-9,12-14,22,24H,6-7,10-11H2,1-3H3/t22-/m0/s1. The Morgan fingerprint density at radius 2 is 1.93 bits per heavy atom. The first kappa shape index (κ1) is 19.0. The lowest BCUT2D eigenvalue weighted by molar-refractivity contribution is 0.192. The minimum Gasteiger partial charge on any atom is -0.471 e. The molecule has 0 radical (unpaired) electrons. The van der Waals surface area contributed by atoms with Crippen LogP contribution >= 0.6 is 0 Å². The molecule has 0 bridgehead atoms. The van der Waals surface area contributed by atoms with Crippen LogP contribution in [-0.2, 0) is 6.54 Å². The Balaban J connectivity index is 1.30. The molecule has 1 aliphatic rings. The molecule has 7 heteroatoms. The van der Waals surface area contributed by atoms with Gasteiger partial charge in [-0.25, -0.2) is 15.0 Å². The van der Waals surface area contributed by atoms with Crippen molar-refractivity contribution in [3.8, 4) is 5.95 Å². The third-order valence-corrected chi connectivity index (χ3v) is 6.17. The van der Waals surface area contributed by atoms with Gasteiger partial charge in [0.1, 0.15) is 6.33 Å². The molecule has 0 amide bonds. The smallest absolute Gasteiger partial charge is 0.235 e. The summed E-state index contributed by atoms with van der Waals surface area (Å²) >= 11 is 0. The van der Waals surface area contributed by atoms with Gasteiger partial charge >= 0.3 is 0 Å². The van der Waals surface area contributed by atoms with Gasteiger partial charge in [-0.05, 0) is 31.9 Å². The molecule has 30 heavy (non-hydrogen) atoms. The van der Waals surface area contributed by atoms with E-state index in [1.54, 1.807) is 6.33 Å². The maximum Gasteiger partial charge on any atom is 0.235 e. The van der Waals surface area contributed by atoms with Crippen molar-refractivity contribution in [1.82, 2.24) is 29.7 Å². The molecule has 7 nitrogen and oxygen atoms in total. The number of aryl methyl sites for hydroxylation is 2. The van der Waals surface area contributed by atoms with Gasteiger partial charge in [-0.3, -0.25) is 9.47 Å². The summed E-state index contributed by atoms with van der Waals surface area (Å²) in [6, 6.07) is 4.67.